The SMILES string of the molecule is C=CCn1c(SCC(=O)Nc2cccc(C(=O)OC(C)C)c2)nnc1C(NC(=O)c1cccc(C)c1)C(C)C. The van der Waals surface area contributed by atoms with Crippen LogP contribution in [-0.4, -0.2) is 44.4 Å². The number of aryl methyl sites for hydroxylation is 1. The van der Waals surface area contributed by atoms with Crippen molar-refractivity contribution in [1.82, 2.24) is 20.1 Å². The van der Waals surface area contributed by atoms with E-state index >= 15 is 0 Å². The lowest BCUT2D eigenvalue weighted by molar-refractivity contribution is -0.113. The molecule has 0 aliphatic heterocycles. The van der Waals surface area contributed by atoms with Crippen LogP contribution in [0, 0.1) is 12.8 Å². The number of hydrogen-bond donors (Lipinski definition) is 2. The van der Waals surface area contributed by atoms with Crippen molar-refractivity contribution in [1.29, 1.82) is 0 Å². The summed E-state index contributed by atoms with van der Waals surface area (Å²) >= 11 is 1.23. The van der Waals surface area contributed by atoms with Crippen molar-refractivity contribution in [3.8, 4) is 0 Å². The first kappa shape index (κ1) is 29.6. The van der Waals surface area contributed by atoms with E-state index in [2.05, 4.69) is 27.4 Å². The molecule has 3 rings (SSSR count). The Bertz CT molecular complexity index is 1330. The minimum atomic E-state index is -0.449. The van der Waals surface area contributed by atoms with Gasteiger partial charge in [0.05, 0.1) is 23.5 Å². The molecule has 206 valence electrons. The first-order valence-electron chi connectivity index (χ1n) is 12.7. The number of anilines is 1. The number of nitrogens with one attached hydrogen (secondary N) is 2. The molecular weight excluding hydrogens is 514 g/mol. The van der Waals surface area contributed by atoms with Gasteiger partial charge in [-0.2, -0.15) is 0 Å². The first-order chi connectivity index (χ1) is 18.6. The number of carbonyl (C=O) groups is 3. The number of carbonyl (C=O) groups excluding carboxylic acids is 3. The van der Waals surface area contributed by atoms with Gasteiger partial charge in [0.1, 0.15) is 0 Å². The molecule has 0 aliphatic rings. The van der Waals surface area contributed by atoms with Crippen LogP contribution in [0.25, 0.3) is 0 Å². The lowest BCUT2D eigenvalue weighted by Crippen LogP contribution is -2.34. The molecule has 9 nitrogen and oxygen atoms in total. The smallest absolute Gasteiger partial charge is 0.338 e. The van der Waals surface area contributed by atoms with E-state index in [0.717, 1.165) is 5.56 Å². The molecule has 2 amide bonds. The Hall–Kier alpha value is -3.92. The summed E-state index contributed by atoms with van der Waals surface area (Å²) in [5, 5.41) is 15.1. The topological polar surface area (TPSA) is 115 Å². The van der Waals surface area contributed by atoms with Gasteiger partial charge in [-0.1, -0.05) is 55.4 Å². The number of nitrogens with zero attached hydrogens (tertiary/aromatic N) is 3. The van der Waals surface area contributed by atoms with E-state index in [1.54, 1.807) is 50.3 Å². The maximum absolute atomic E-state index is 13.0. The number of thioether (sulfide) groups is 1. The molecule has 10 heteroatoms. The van der Waals surface area contributed by atoms with Crippen LogP contribution in [0.4, 0.5) is 5.69 Å². The number of hydrogen-bond acceptors (Lipinski definition) is 7. The molecule has 1 unspecified atom stereocenters. The Labute approximate surface area is 233 Å². The summed E-state index contributed by atoms with van der Waals surface area (Å²) in [5.41, 5.74) is 2.42. The quantitative estimate of drug-likeness (QED) is 0.181. The zero-order chi connectivity index (χ0) is 28.5. The molecule has 0 spiro atoms. The summed E-state index contributed by atoms with van der Waals surface area (Å²) in [6, 6.07) is 13.6. The summed E-state index contributed by atoms with van der Waals surface area (Å²) < 4.78 is 7.08. The lowest BCUT2D eigenvalue weighted by atomic mass is 10.0. The van der Waals surface area contributed by atoms with Crippen molar-refractivity contribution in [2.24, 2.45) is 5.92 Å². The molecule has 1 atom stereocenters. The molecule has 0 radical (unpaired) electrons. The van der Waals surface area contributed by atoms with Gasteiger partial charge in [-0.05, 0) is 57.0 Å². The molecule has 0 saturated carbocycles. The molecule has 2 aromatic carbocycles. The second-order valence-electron chi connectivity index (χ2n) is 9.68. The largest absolute Gasteiger partial charge is 0.459 e. The van der Waals surface area contributed by atoms with Gasteiger partial charge in [0.2, 0.25) is 5.91 Å². The van der Waals surface area contributed by atoms with Crippen molar-refractivity contribution in [3.63, 3.8) is 0 Å². The van der Waals surface area contributed by atoms with E-state index in [4.69, 9.17) is 4.74 Å². The molecule has 39 heavy (non-hydrogen) atoms. The average molecular weight is 550 g/mol. The van der Waals surface area contributed by atoms with Gasteiger partial charge in [-0.25, -0.2) is 4.79 Å². The van der Waals surface area contributed by atoms with Crippen LogP contribution in [0.15, 0.2) is 66.3 Å². The predicted molar refractivity (Wildman–Crippen MR) is 153 cm³/mol. The van der Waals surface area contributed by atoms with Crippen molar-refractivity contribution in [3.05, 3.63) is 83.7 Å². The fraction of sp³-hybridized carbons (Fsp3) is 0.345. The molecule has 2 N–H and O–H groups in total. The molecule has 0 bridgehead atoms. The third kappa shape index (κ3) is 8.28. The van der Waals surface area contributed by atoms with E-state index < -0.39 is 12.0 Å². The van der Waals surface area contributed by atoms with Gasteiger partial charge >= 0.3 is 5.97 Å². The lowest BCUT2D eigenvalue weighted by Gasteiger charge is -2.22. The highest BCUT2D eigenvalue weighted by molar-refractivity contribution is 7.99. The Balaban J connectivity index is 1.71. The highest BCUT2D eigenvalue weighted by atomic mass is 32.2. The summed E-state index contributed by atoms with van der Waals surface area (Å²) in [6.45, 7) is 13.7. The minimum absolute atomic E-state index is 0.0299. The van der Waals surface area contributed by atoms with Crippen LogP contribution in [0.5, 0.6) is 0 Å². The van der Waals surface area contributed by atoms with Crippen LogP contribution in [0.2, 0.25) is 0 Å². The number of amides is 2. The first-order valence-corrected chi connectivity index (χ1v) is 13.7. The average Bonchev–Trinajstić information content (AvgIpc) is 3.27. The van der Waals surface area contributed by atoms with Crippen molar-refractivity contribution in [2.75, 3.05) is 11.1 Å². The zero-order valence-electron chi connectivity index (χ0n) is 22.9. The standard InChI is InChI=1S/C29H35N5O4S/c1-7-14-34-26(25(18(2)3)31-27(36)21-11-8-10-20(6)15-21)32-33-29(34)39-17-24(35)30-23-13-9-12-22(16-23)28(37)38-19(4)5/h7-13,15-16,18-19,25H,1,14,17H2,2-6H3,(H,30,35)(H,31,36). The summed E-state index contributed by atoms with van der Waals surface area (Å²) in [7, 11) is 0. The van der Waals surface area contributed by atoms with E-state index in [1.807, 2.05) is 43.5 Å². The van der Waals surface area contributed by atoms with Crippen molar-refractivity contribution < 1.29 is 19.1 Å². The van der Waals surface area contributed by atoms with Gasteiger partial charge < -0.3 is 19.9 Å². The fourth-order valence-electron chi connectivity index (χ4n) is 3.81. The Morgan fingerprint density at radius 2 is 1.77 bits per heavy atom. The van der Waals surface area contributed by atoms with Crippen LogP contribution >= 0.6 is 11.8 Å². The fourth-order valence-corrected chi connectivity index (χ4v) is 4.57. The Morgan fingerprint density at radius 1 is 1.05 bits per heavy atom. The van der Waals surface area contributed by atoms with Gasteiger partial charge in [0.25, 0.3) is 5.91 Å². The number of aromatic nitrogens is 3. The Kier molecular flexibility index (Phi) is 10.4. The highest BCUT2D eigenvalue weighted by Gasteiger charge is 2.26. The van der Waals surface area contributed by atoms with E-state index in [0.29, 0.717) is 34.3 Å². The molecule has 0 aliphatic carbocycles. The highest BCUT2D eigenvalue weighted by Crippen LogP contribution is 2.26. The maximum atomic E-state index is 13.0. The number of allylic oxidation sites excluding steroid dienone is 1. The minimum Gasteiger partial charge on any atom is -0.459 e. The molecule has 3 aromatic rings. The molecule has 1 aromatic heterocycles. The number of benzene rings is 2. The van der Waals surface area contributed by atoms with Gasteiger partial charge in [0, 0.05) is 17.8 Å². The molecular formula is C29H35N5O4S. The predicted octanol–water partition coefficient (Wildman–Crippen LogP) is 5.20. The molecule has 1 heterocycles. The van der Waals surface area contributed by atoms with Crippen LogP contribution in [-0.2, 0) is 16.1 Å². The third-order valence-corrected chi connectivity index (χ3v) is 6.59. The van der Waals surface area contributed by atoms with Crippen molar-refractivity contribution in [2.45, 2.75) is 58.5 Å². The summed E-state index contributed by atoms with van der Waals surface area (Å²) in [6.07, 6.45) is 1.48. The molecule has 0 saturated heterocycles. The summed E-state index contributed by atoms with van der Waals surface area (Å²) in [4.78, 5) is 37.9. The van der Waals surface area contributed by atoms with Crippen LogP contribution in [0.1, 0.15) is 65.8 Å². The summed E-state index contributed by atoms with van der Waals surface area (Å²) in [5.74, 6) is -0.226. The van der Waals surface area contributed by atoms with Crippen LogP contribution < -0.4 is 10.6 Å². The molecule has 0 fully saturated rings. The van der Waals surface area contributed by atoms with Gasteiger partial charge in [-0.15, -0.1) is 16.8 Å². The maximum Gasteiger partial charge on any atom is 0.338 e. The third-order valence-electron chi connectivity index (χ3n) is 5.63. The number of ether oxygens (including phenoxy) is 1. The number of esters is 1. The normalized spacial score (nSPS) is 11.8. The second-order valence-corrected chi connectivity index (χ2v) is 10.6. The van der Waals surface area contributed by atoms with E-state index in [-0.39, 0.29) is 29.6 Å². The Morgan fingerprint density at radius 3 is 2.44 bits per heavy atom. The zero-order valence-corrected chi connectivity index (χ0v) is 23.7. The van der Waals surface area contributed by atoms with Gasteiger partial charge in [-0.3, -0.25) is 9.59 Å². The van der Waals surface area contributed by atoms with Gasteiger partial charge in [0.15, 0.2) is 11.0 Å². The second kappa shape index (κ2) is 13.7. The van der Waals surface area contributed by atoms with E-state index in [9.17, 15) is 14.4 Å². The number of rotatable bonds is 12. The monoisotopic (exact) mass is 549 g/mol. The van der Waals surface area contributed by atoms with Crippen LogP contribution in [0.3, 0.4) is 0 Å². The van der Waals surface area contributed by atoms with E-state index in [1.165, 1.54) is 11.8 Å². The van der Waals surface area contributed by atoms with Crippen molar-refractivity contribution >= 4 is 35.2 Å².